The summed E-state index contributed by atoms with van der Waals surface area (Å²) in [7, 11) is 0. The van der Waals surface area contributed by atoms with E-state index in [0.29, 0.717) is 6.04 Å². The monoisotopic (exact) mass is 349 g/mol. The van der Waals surface area contributed by atoms with Crippen LogP contribution in [-0.4, -0.2) is 6.04 Å². The smallest absolute Gasteiger partial charge is 0.0648 e. The fraction of sp³-hybridized carbons (Fsp3) is 0.538. The van der Waals surface area contributed by atoms with Crippen molar-refractivity contribution in [1.29, 1.82) is 0 Å². The third kappa shape index (κ3) is 3.04. The van der Waals surface area contributed by atoms with Crippen molar-refractivity contribution < 1.29 is 0 Å². The fourth-order valence-electron chi connectivity index (χ4n) is 2.43. The van der Waals surface area contributed by atoms with E-state index in [1.807, 2.05) is 6.07 Å². The molecule has 1 nitrogen and oxygen atoms in total. The van der Waals surface area contributed by atoms with Gasteiger partial charge in [-0.15, -0.1) is 0 Å². The highest BCUT2D eigenvalue weighted by Gasteiger charge is 2.21. The first kappa shape index (κ1) is 12.5. The standard InChI is InChI=1S/C13H17ClIN/c1-9(10-4-2-3-5-10)16-13-7-6-11(15)8-12(13)14/h6-10,16H,2-5H2,1H3. The minimum atomic E-state index is 0.528. The second-order valence-electron chi connectivity index (χ2n) is 4.60. The summed E-state index contributed by atoms with van der Waals surface area (Å²) in [5.41, 5.74) is 1.07. The molecule has 0 radical (unpaired) electrons. The van der Waals surface area contributed by atoms with E-state index in [2.05, 4.69) is 47.0 Å². The van der Waals surface area contributed by atoms with E-state index in [4.69, 9.17) is 11.6 Å². The maximum absolute atomic E-state index is 6.21. The predicted molar refractivity (Wildman–Crippen MR) is 79.2 cm³/mol. The van der Waals surface area contributed by atoms with Crippen molar-refractivity contribution in [2.24, 2.45) is 5.92 Å². The first-order valence-corrected chi connectivity index (χ1v) is 7.34. The van der Waals surface area contributed by atoms with Gasteiger partial charge in [0.15, 0.2) is 0 Å². The molecule has 2 rings (SSSR count). The number of nitrogens with one attached hydrogen (secondary N) is 1. The molecule has 0 aliphatic heterocycles. The lowest BCUT2D eigenvalue weighted by atomic mass is 9.99. The Labute approximate surface area is 116 Å². The van der Waals surface area contributed by atoms with E-state index in [-0.39, 0.29) is 0 Å². The molecule has 1 saturated carbocycles. The number of hydrogen-bond acceptors (Lipinski definition) is 1. The van der Waals surface area contributed by atoms with Gasteiger partial charge in [-0.3, -0.25) is 0 Å². The van der Waals surface area contributed by atoms with Crippen LogP contribution < -0.4 is 5.32 Å². The van der Waals surface area contributed by atoms with Crippen LogP contribution >= 0.6 is 34.2 Å². The van der Waals surface area contributed by atoms with Gasteiger partial charge in [0, 0.05) is 9.61 Å². The average molecular weight is 350 g/mol. The van der Waals surface area contributed by atoms with Gasteiger partial charge in [-0.05, 0) is 66.5 Å². The van der Waals surface area contributed by atoms with Crippen LogP contribution in [0, 0.1) is 9.49 Å². The lowest BCUT2D eigenvalue weighted by molar-refractivity contribution is 0.482. The van der Waals surface area contributed by atoms with Crippen molar-refractivity contribution in [3.05, 3.63) is 26.8 Å². The number of hydrogen-bond donors (Lipinski definition) is 1. The van der Waals surface area contributed by atoms with E-state index in [9.17, 15) is 0 Å². The molecule has 0 heterocycles. The van der Waals surface area contributed by atoms with E-state index in [1.54, 1.807) is 0 Å². The molecule has 0 bridgehead atoms. The Morgan fingerprint density at radius 1 is 1.38 bits per heavy atom. The highest BCUT2D eigenvalue weighted by Crippen LogP contribution is 2.31. The number of halogens is 2. The van der Waals surface area contributed by atoms with Crippen LogP contribution in [0.1, 0.15) is 32.6 Å². The van der Waals surface area contributed by atoms with Crippen molar-refractivity contribution >= 4 is 39.9 Å². The van der Waals surface area contributed by atoms with E-state index < -0.39 is 0 Å². The second-order valence-corrected chi connectivity index (χ2v) is 6.25. The van der Waals surface area contributed by atoms with E-state index in [1.165, 1.54) is 29.3 Å². The average Bonchev–Trinajstić information content (AvgIpc) is 2.75. The van der Waals surface area contributed by atoms with Gasteiger partial charge in [0.2, 0.25) is 0 Å². The van der Waals surface area contributed by atoms with Crippen molar-refractivity contribution in [2.45, 2.75) is 38.6 Å². The molecule has 1 aromatic carbocycles. The van der Waals surface area contributed by atoms with Crippen LogP contribution in [0.25, 0.3) is 0 Å². The summed E-state index contributed by atoms with van der Waals surface area (Å²) in [6, 6.07) is 6.71. The topological polar surface area (TPSA) is 12.0 Å². The number of benzene rings is 1. The molecule has 0 amide bonds. The van der Waals surface area contributed by atoms with Gasteiger partial charge in [-0.2, -0.15) is 0 Å². The summed E-state index contributed by atoms with van der Waals surface area (Å²) in [6.45, 7) is 2.27. The summed E-state index contributed by atoms with van der Waals surface area (Å²) in [4.78, 5) is 0. The van der Waals surface area contributed by atoms with Crippen LogP contribution in [0.5, 0.6) is 0 Å². The first-order chi connectivity index (χ1) is 7.66. The lowest BCUT2D eigenvalue weighted by Crippen LogP contribution is -2.23. The quantitative estimate of drug-likeness (QED) is 0.763. The first-order valence-electron chi connectivity index (χ1n) is 5.88. The molecule has 0 spiro atoms. The Morgan fingerprint density at radius 2 is 2.06 bits per heavy atom. The van der Waals surface area contributed by atoms with Crippen LogP contribution in [0.3, 0.4) is 0 Å². The van der Waals surface area contributed by atoms with Gasteiger partial charge in [-0.25, -0.2) is 0 Å². The molecular weight excluding hydrogens is 333 g/mol. The summed E-state index contributed by atoms with van der Waals surface area (Å²) in [5, 5.41) is 4.37. The van der Waals surface area contributed by atoms with Gasteiger partial charge in [-0.1, -0.05) is 24.4 Å². The van der Waals surface area contributed by atoms with Gasteiger partial charge < -0.3 is 5.32 Å². The Morgan fingerprint density at radius 3 is 2.69 bits per heavy atom. The molecule has 1 fully saturated rings. The molecule has 0 aromatic heterocycles. The van der Waals surface area contributed by atoms with E-state index >= 15 is 0 Å². The molecule has 1 N–H and O–H groups in total. The molecule has 0 saturated heterocycles. The molecular formula is C13H17ClIN. The van der Waals surface area contributed by atoms with Crippen molar-refractivity contribution in [3.8, 4) is 0 Å². The van der Waals surface area contributed by atoms with Gasteiger partial charge in [0.05, 0.1) is 10.7 Å². The zero-order valence-corrected chi connectivity index (χ0v) is 12.4. The summed E-state index contributed by atoms with van der Waals surface area (Å²) >= 11 is 8.49. The summed E-state index contributed by atoms with van der Waals surface area (Å²) in [6.07, 6.45) is 5.49. The molecule has 3 heteroatoms. The molecule has 1 aliphatic rings. The second kappa shape index (κ2) is 5.58. The zero-order chi connectivity index (χ0) is 11.5. The van der Waals surface area contributed by atoms with Crippen LogP contribution in [-0.2, 0) is 0 Å². The normalized spacial score (nSPS) is 18.7. The zero-order valence-electron chi connectivity index (χ0n) is 9.47. The molecule has 16 heavy (non-hydrogen) atoms. The van der Waals surface area contributed by atoms with Gasteiger partial charge in [0.1, 0.15) is 0 Å². The minimum absolute atomic E-state index is 0.528. The molecule has 1 atom stereocenters. The van der Waals surface area contributed by atoms with Crippen molar-refractivity contribution in [1.82, 2.24) is 0 Å². The van der Waals surface area contributed by atoms with Crippen LogP contribution in [0.2, 0.25) is 5.02 Å². The Kier molecular flexibility index (Phi) is 4.36. The summed E-state index contributed by atoms with van der Waals surface area (Å²) in [5.74, 6) is 0.815. The number of anilines is 1. The maximum Gasteiger partial charge on any atom is 0.0648 e. The van der Waals surface area contributed by atoms with Gasteiger partial charge in [0.25, 0.3) is 0 Å². The minimum Gasteiger partial charge on any atom is -0.381 e. The lowest BCUT2D eigenvalue weighted by Gasteiger charge is -2.22. The molecule has 1 aromatic rings. The largest absolute Gasteiger partial charge is 0.381 e. The Hall–Kier alpha value is 0.0400. The third-order valence-electron chi connectivity index (χ3n) is 3.42. The molecule has 88 valence electrons. The van der Waals surface area contributed by atoms with Crippen molar-refractivity contribution in [2.75, 3.05) is 5.32 Å². The van der Waals surface area contributed by atoms with E-state index in [0.717, 1.165) is 16.6 Å². The van der Waals surface area contributed by atoms with Crippen LogP contribution in [0.4, 0.5) is 5.69 Å². The van der Waals surface area contributed by atoms with Gasteiger partial charge >= 0.3 is 0 Å². The SMILES string of the molecule is CC(Nc1ccc(I)cc1Cl)C1CCCC1. The Balaban J connectivity index is 2.02. The Bertz CT molecular complexity index is 361. The molecule has 1 aliphatic carbocycles. The highest BCUT2D eigenvalue weighted by molar-refractivity contribution is 14.1. The summed E-state index contributed by atoms with van der Waals surface area (Å²) < 4.78 is 1.18. The maximum atomic E-state index is 6.21. The number of rotatable bonds is 3. The predicted octanol–water partition coefficient (Wildman–Crippen LogP) is 4.94. The fourth-order valence-corrected chi connectivity index (χ4v) is 3.34. The highest BCUT2D eigenvalue weighted by atomic mass is 127. The van der Waals surface area contributed by atoms with Crippen molar-refractivity contribution in [3.63, 3.8) is 0 Å². The molecule has 1 unspecified atom stereocenters. The third-order valence-corrected chi connectivity index (χ3v) is 4.40. The van der Waals surface area contributed by atoms with Crippen LogP contribution in [0.15, 0.2) is 18.2 Å².